The summed E-state index contributed by atoms with van der Waals surface area (Å²) < 4.78 is 5.73. The number of ether oxygens (including phenoxy) is 1. The molecule has 0 aliphatic carbocycles. The monoisotopic (exact) mass is 296 g/mol. The Balaban J connectivity index is 2.13. The van der Waals surface area contributed by atoms with Crippen LogP contribution in [0.4, 0.5) is 0 Å². The normalized spacial score (nSPS) is 10.5. The summed E-state index contributed by atoms with van der Waals surface area (Å²) in [6.07, 6.45) is 1.57. The van der Waals surface area contributed by atoms with Crippen LogP contribution in [0.3, 0.4) is 0 Å². The van der Waals surface area contributed by atoms with Crippen LogP contribution in [0.2, 0.25) is 10.0 Å². The average Bonchev–Trinajstić information content (AvgIpc) is 2.35. The van der Waals surface area contributed by atoms with E-state index in [4.69, 9.17) is 33.0 Å². The summed E-state index contributed by atoms with van der Waals surface area (Å²) in [6.45, 7) is 0.189. The van der Waals surface area contributed by atoms with Crippen LogP contribution in [0, 0.1) is 0 Å². The second-order valence-electron chi connectivity index (χ2n) is 4.18. The largest absolute Gasteiger partial charge is 0.457 e. The number of aryl methyl sites for hydroxylation is 1. The van der Waals surface area contributed by atoms with Crippen molar-refractivity contribution in [1.82, 2.24) is 0 Å². The van der Waals surface area contributed by atoms with E-state index in [-0.39, 0.29) is 6.61 Å². The standard InChI is InChI=1S/C15H14Cl2O2/c16-12-8-13(17)10-15(9-12)19-14-5-1-3-11(7-14)4-2-6-18/h1,3,5,7-10,18H,2,4,6H2. The molecule has 0 aliphatic heterocycles. The van der Waals surface area contributed by atoms with Crippen molar-refractivity contribution in [3.05, 3.63) is 58.1 Å². The summed E-state index contributed by atoms with van der Waals surface area (Å²) in [5.74, 6) is 1.34. The van der Waals surface area contributed by atoms with Crippen LogP contribution in [0.5, 0.6) is 11.5 Å². The van der Waals surface area contributed by atoms with Gasteiger partial charge in [-0.3, -0.25) is 0 Å². The summed E-state index contributed by atoms with van der Waals surface area (Å²) >= 11 is 11.8. The fourth-order valence-corrected chi connectivity index (χ4v) is 2.28. The lowest BCUT2D eigenvalue weighted by Gasteiger charge is -2.08. The molecule has 2 aromatic carbocycles. The zero-order valence-corrected chi connectivity index (χ0v) is 11.8. The van der Waals surface area contributed by atoms with E-state index >= 15 is 0 Å². The second-order valence-corrected chi connectivity index (χ2v) is 5.05. The van der Waals surface area contributed by atoms with Crippen LogP contribution in [0.15, 0.2) is 42.5 Å². The molecule has 0 aromatic heterocycles. The SMILES string of the molecule is OCCCc1cccc(Oc2cc(Cl)cc(Cl)c2)c1. The predicted molar refractivity (Wildman–Crippen MR) is 78.4 cm³/mol. The van der Waals surface area contributed by atoms with Crippen molar-refractivity contribution in [2.24, 2.45) is 0 Å². The molecule has 2 aromatic rings. The highest BCUT2D eigenvalue weighted by atomic mass is 35.5. The van der Waals surface area contributed by atoms with Crippen LogP contribution in [0.25, 0.3) is 0 Å². The fourth-order valence-electron chi connectivity index (χ4n) is 1.77. The van der Waals surface area contributed by atoms with Gasteiger partial charge in [0, 0.05) is 16.7 Å². The van der Waals surface area contributed by atoms with Gasteiger partial charge in [-0.15, -0.1) is 0 Å². The van der Waals surface area contributed by atoms with E-state index in [1.165, 1.54) is 0 Å². The summed E-state index contributed by atoms with van der Waals surface area (Å²) in [7, 11) is 0. The van der Waals surface area contributed by atoms with Gasteiger partial charge in [0.25, 0.3) is 0 Å². The second kappa shape index (κ2) is 6.80. The van der Waals surface area contributed by atoms with Crippen LogP contribution >= 0.6 is 23.2 Å². The van der Waals surface area contributed by atoms with Crippen molar-refractivity contribution in [1.29, 1.82) is 0 Å². The highest BCUT2D eigenvalue weighted by molar-refractivity contribution is 6.34. The molecule has 0 spiro atoms. The molecule has 0 fully saturated rings. The Morgan fingerprint density at radius 3 is 2.37 bits per heavy atom. The number of rotatable bonds is 5. The number of aliphatic hydroxyl groups excluding tert-OH is 1. The molecule has 0 bridgehead atoms. The van der Waals surface area contributed by atoms with Crippen molar-refractivity contribution in [2.45, 2.75) is 12.8 Å². The maximum atomic E-state index is 8.83. The summed E-state index contributed by atoms with van der Waals surface area (Å²) in [5, 5.41) is 9.91. The Bertz CT molecular complexity index is 535. The first kappa shape index (κ1) is 14.2. The van der Waals surface area contributed by atoms with E-state index < -0.39 is 0 Å². The first-order valence-corrected chi connectivity index (χ1v) is 6.77. The molecule has 0 atom stereocenters. The van der Waals surface area contributed by atoms with Gasteiger partial charge in [0.15, 0.2) is 0 Å². The van der Waals surface area contributed by atoms with Gasteiger partial charge in [0.1, 0.15) is 11.5 Å². The third-order valence-electron chi connectivity index (χ3n) is 2.59. The minimum atomic E-state index is 0.189. The molecule has 19 heavy (non-hydrogen) atoms. The zero-order chi connectivity index (χ0) is 13.7. The third-order valence-corrected chi connectivity index (χ3v) is 3.03. The van der Waals surface area contributed by atoms with Gasteiger partial charge >= 0.3 is 0 Å². The number of hydrogen-bond acceptors (Lipinski definition) is 2. The van der Waals surface area contributed by atoms with Gasteiger partial charge in [-0.05, 0) is 48.7 Å². The van der Waals surface area contributed by atoms with E-state index in [1.54, 1.807) is 18.2 Å². The number of benzene rings is 2. The lowest BCUT2D eigenvalue weighted by atomic mass is 10.1. The van der Waals surface area contributed by atoms with E-state index in [2.05, 4.69) is 0 Å². The molecule has 0 unspecified atom stereocenters. The summed E-state index contributed by atoms with van der Waals surface area (Å²) in [5.41, 5.74) is 1.12. The van der Waals surface area contributed by atoms with Crippen molar-refractivity contribution in [2.75, 3.05) is 6.61 Å². The van der Waals surface area contributed by atoms with Gasteiger partial charge in [0.2, 0.25) is 0 Å². The molecule has 4 heteroatoms. The van der Waals surface area contributed by atoms with E-state index in [1.807, 2.05) is 24.3 Å². The number of hydrogen-bond donors (Lipinski definition) is 1. The minimum absolute atomic E-state index is 0.189. The zero-order valence-electron chi connectivity index (χ0n) is 10.3. The maximum absolute atomic E-state index is 8.83. The lowest BCUT2D eigenvalue weighted by Crippen LogP contribution is -1.91. The Morgan fingerprint density at radius 1 is 0.947 bits per heavy atom. The molecule has 2 rings (SSSR count). The van der Waals surface area contributed by atoms with E-state index in [9.17, 15) is 0 Å². The highest BCUT2D eigenvalue weighted by Gasteiger charge is 2.02. The fraction of sp³-hybridized carbons (Fsp3) is 0.200. The van der Waals surface area contributed by atoms with Crippen molar-refractivity contribution in [3.8, 4) is 11.5 Å². The summed E-state index contributed by atoms with van der Waals surface area (Å²) in [4.78, 5) is 0. The first-order valence-electron chi connectivity index (χ1n) is 6.01. The smallest absolute Gasteiger partial charge is 0.130 e. The van der Waals surface area contributed by atoms with Gasteiger partial charge in [-0.1, -0.05) is 35.3 Å². The van der Waals surface area contributed by atoms with Gasteiger partial charge in [-0.25, -0.2) is 0 Å². The van der Waals surface area contributed by atoms with Crippen LogP contribution in [-0.2, 0) is 6.42 Å². The van der Waals surface area contributed by atoms with Crippen molar-refractivity contribution < 1.29 is 9.84 Å². The third kappa shape index (κ3) is 4.43. The predicted octanol–water partition coefficient (Wildman–Crippen LogP) is 4.71. The average molecular weight is 297 g/mol. The van der Waals surface area contributed by atoms with Gasteiger partial charge < -0.3 is 9.84 Å². The van der Waals surface area contributed by atoms with Crippen molar-refractivity contribution in [3.63, 3.8) is 0 Å². The topological polar surface area (TPSA) is 29.5 Å². The van der Waals surface area contributed by atoms with E-state index in [0.717, 1.165) is 24.2 Å². The van der Waals surface area contributed by atoms with E-state index in [0.29, 0.717) is 15.8 Å². The van der Waals surface area contributed by atoms with Crippen LogP contribution in [-0.4, -0.2) is 11.7 Å². The Kier molecular flexibility index (Phi) is 5.08. The Hall–Kier alpha value is -1.22. The molecule has 2 nitrogen and oxygen atoms in total. The molecule has 1 N–H and O–H groups in total. The first-order chi connectivity index (χ1) is 9.17. The van der Waals surface area contributed by atoms with Crippen LogP contribution in [0.1, 0.15) is 12.0 Å². The molecular formula is C15H14Cl2O2. The molecule has 100 valence electrons. The molecule has 0 aliphatic rings. The van der Waals surface area contributed by atoms with Gasteiger partial charge in [0.05, 0.1) is 0 Å². The summed E-state index contributed by atoms with van der Waals surface area (Å²) in [6, 6.07) is 12.8. The highest BCUT2D eigenvalue weighted by Crippen LogP contribution is 2.28. The maximum Gasteiger partial charge on any atom is 0.130 e. The van der Waals surface area contributed by atoms with Gasteiger partial charge in [-0.2, -0.15) is 0 Å². The molecule has 0 amide bonds. The van der Waals surface area contributed by atoms with Crippen LogP contribution < -0.4 is 4.74 Å². The molecular weight excluding hydrogens is 283 g/mol. The van der Waals surface area contributed by atoms with Crippen molar-refractivity contribution >= 4 is 23.2 Å². The number of halogens is 2. The lowest BCUT2D eigenvalue weighted by molar-refractivity contribution is 0.288. The molecule has 0 saturated heterocycles. The molecule has 0 heterocycles. The molecule has 0 radical (unpaired) electrons. The molecule has 0 saturated carbocycles. The quantitative estimate of drug-likeness (QED) is 0.866. The minimum Gasteiger partial charge on any atom is -0.457 e. The Morgan fingerprint density at radius 2 is 1.68 bits per heavy atom. The Labute approximate surface area is 122 Å². The number of aliphatic hydroxyl groups is 1.